The number of aromatic nitrogens is 3. The van der Waals surface area contributed by atoms with Gasteiger partial charge in [-0.05, 0) is 30.3 Å². The highest BCUT2D eigenvalue weighted by Crippen LogP contribution is 2.25. The molecule has 2 heterocycles. The molecule has 2 aromatic rings. The number of nitrogens with one attached hydrogen (secondary N) is 1. The van der Waals surface area contributed by atoms with E-state index in [1.807, 2.05) is 24.3 Å². The molecule has 6 nitrogen and oxygen atoms in total. The topological polar surface area (TPSA) is 69.0 Å². The summed E-state index contributed by atoms with van der Waals surface area (Å²) in [6, 6.07) is 7.43. The van der Waals surface area contributed by atoms with Gasteiger partial charge >= 0.3 is 0 Å². The number of amides is 1. The molecule has 0 aliphatic carbocycles. The summed E-state index contributed by atoms with van der Waals surface area (Å²) < 4.78 is 7.19. The van der Waals surface area contributed by atoms with Crippen molar-refractivity contribution in [1.29, 1.82) is 0 Å². The molecule has 1 aromatic heterocycles. The molecule has 1 amide bonds. The maximum atomic E-state index is 11.6. The number of ether oxygens (including phenoxy) is 1. The van der Waals surface area contributed by atoms with Crippen LogP contribution in [0.3, 0.4) is 0 Å². The summed E-state index contributed by atoms with van der Waals surface area (Å²) in [4.78, 5) is 12.1. The van der Waals surface area contributed by atoms with Crippen LogP contribution in [0.2, 0.25) is 0 Å². The van der Waals surface area contributed by atoms with Gasteiger partial charge in [0, 0.05) is 0 Å². The van der Waals surface area contributed by atoms with Crippen molar-refractivity contribution in [2.45, 2.75) is 0 Å². The number of carbonyl (C=O) groups excluding carboxylic acids is 1. The Morgan fingerprint density at radius 1 is 1.38 bits per heavy atom. The highest BCUT2D eigenvalue weighted by molar-refractivity contribution is 8.26. The van der Waals surface area contributed by atoms with Crippen molar-refractivity contribution in [3.63, 3.8) is 0 Å². The van der Waals surface area contributed by atoms with Crippen LogP contribution in [0.1, 0.15) is 5.69 Å². The van der Waals surface area contributed by atoms with Crippen molar-refractivity contribution >= 4 is 40.3 Å². The molecule has 1 aromatic carbocycles. The number of carbonyl (C=O) groups is 1. The lowest BCUT2D eigenvalue weighted by Crippen LogP contribution is -2.17. The van der Waals surface area contributed by atoms with Gasteiger partial charge in [0.15, 0.2) is 0 Å². The molecule has 0 saturated carbocycles. The van der Waals surface area contributed by atoms with Gasteiger partial charge in [0.25, 0.3) is 5.91 Å². The normalized spacial score (nSPS) is 16.3. The van der Waals surface area contributed by atoms with Gasteiger partial charge in [-0.25, -0.2) is 4.68 Å². The van der Waals surface area contributed by atoms with Crippen LogP contribution in [0.25, 0.3) is 11.8 Å². The van der Waals surface area contributed by atoms with E-state index in [4.69, 9.17) is 17.0 Å². The van der Waals surface area contributed by atoms with Gasteiger partial charge < -0.3 is 10.1 Å². The fourth-order valence-electron chi connectivity index (χ4n) is 1.76. The minimum atomic E-state index is -0.205. The lowest BCUT2D eigenvalue weighted by atomic mass is 10.3. The third-order valence-corrected chi connectivity index (χ3v) is 3.93. The van der Waals surface area contributed by atoms with Gasteiger partial charge in [-0.15, -0.1) is 5.10 Å². The monoisotopic (exact) mass is 318 g/mol. The zero-order valence-corrected chi connectivity index (χ0v) is 12.6. The van der Waals surface area contributed by atoms with Gasteiger partial charge in [0.1, 0.15) is 15.8 Å². The van der Waals surface area contributed by atoms with E-state index >= 15 is 0 Å². The van der Waals surface area contributed by atoms with E-state index in [1.54, 1.807) is 24.1 Å². The predicted molar refractivity (Wildman–Crippen MR) is 84.2 cm³/mol. The first kappa shape index (κ1) is 13.8. The Balaban J connectivity index is 1.84. The van der Waals surface area contributed by atoms with Crippen LogP contribution in [-0.4, -0.2) is 32.3 Å². The van der Waals surface area contributed by atoms with Gasteiger partial charge in [0.05, 0.1) is 23.9 Å². The van der Waals surface area contributed by atoms with E-state index in [2.05, 4.69) is 15.6 Å². The summed E-state index contributed by atoms with van der Waals surface area (Å²) in [5.41, 5.74) is 1.44. The molecular formula is C13H10N4O2S2. The second-order valence-corrected chi connectivity index (χ2v) is 5.86. The lowest BCUT2D eigenvalue weighted by Gasteiger charge is -2.01. The third-order valence-electron chi connectivity index (χ3n) is 2.77. The summed E-state index contributed by atoms with van der Waals surface area (Å²) >= 11 is 6.15. The van der Waals surface area contributed by atoms with Crippen LogP contribution >= 0.6 is 24.0 Å². The number of thiocarbonyl (C=S) groups is 1. The van der Waals surface area contributed by atoms with E-state index in [9.17, 15) is 4.79 Å². The highest BCUT2D eigenvalue weighted by Gasteiger charge is 2.22. The van der Waals surface area contributed by atoms with Crippen LogP contribution in [0.15, 0.2) is 35.4 Å². The van der Waals surface area contributed by atoms with Crippen molar-refractivity contribution in [3.8, 4) is 11.4 Å². The number of methoxy groups -OCH3 is 1. The molecule has 0 spiro atoms. The highest BCUT2D eigenvalue weighted by atomic mass is 32.2. The molecule has 8 heteroatoms. The minimum absolute atomic E-state index is 0.205. The van der Waals surface area contributed by atoms with Gasteiger partial charge in [-0.2, -0.15) is 0 Å². The standard InChI is InChI=1S/C13H10N4O2S2/c1-19-10-4-2-9(3-5-10)17-7-8(15-16-17)6-11-12(18)14-13(20)21-11/h2-7H,1H3,(H,14,18,20)/b11-6-. The summed E-state index contributed by atoms with van der Waals surface area (Å²) in [5, 5.41) is 10.6. The van der Waals surface area contributed by atoms with Crippen LogP contribution < -0.4 is 10.1 Å². The molecule has 106 valence electrons. The molecule has 21 heavy (non-hydrogen) atoms. The molecule has 1 aliphatic heterocycles. The van der Waals surface area contributed by atoms with Gasteiger partial charge in [0.2, 0.25) is 0 Å². The SMILES string of the molecule is COc1ccc(-n2cc(/C=C3\SC(=S)NC3=O)nn2)cc1. The molecule has 1 N–H and O–H groups in total. The molecule has 1 aliphatic rings. The molecule has 0 radical (unpaired) electrons. The first-order valence-corrected chi connectivity index (χ1v) is 7.20. The van der Waals surface area contributed by atoms with Crippen molar-refractivity contribution in [2.75, 3.05) is 7.11 Å². The molecule has 0 unspecified atom stereocenters. The Morgan fingerprint density at radius 2 is 2.14 bits per heavy atom. The minimum Gasteiger partial charge on any atom is -0.497 e. The second kappa shape index (κ2) is 5.66. The lowest BCUT2D eigenvalue weighted by molar-refractivity contribution is -0.115. The Hall–Kier alpha value is -2.19. The zero-order chi connectivity index (χ0) is 14.8. The fourth-order valence-corrected chi connectivity index (χ4v) is 2.79. The van der Waals surface area contributed by atoms with Crippen molar-refractivity contribution in [2.24, 2.45) is 0 Å². The number of benzene rings is 1. The Kier molecular flexibility index (Phi) is 3.72. The van der Waals surface area contributed by atoms with Gasteiger partial charge in [-0.3, -0.25) is 4.79 Å². The van der Waals surface area contributed by atoms with Crippen LogP contribution in [0.5, 0.6) is 5.75 Å². The summed E-state index contributed by atoms with van der Waals surface area (Å²) in [6.45, 7) is 0. The average molecular weight is 318 g/mol. The van der Waals surface area contributed by atoms with Crippen molar-refractivity contribution in [1.82, 2.24) is 20.3 Å². The molecule has 0 bridgehead atoms. The van der Waals surface area contributed by atoms with E-state index in [-0.39, 0.29) is 5.91 Å². The molecule has 3 rings (SSSR count). The van der Waals surface area contributed by atoms with Gasteiger partial charge in [-0.1, -0.05) is 29.2 Å². The third kappa shape index (κ3) is 2.96. The number of thioether (sulfide) groups is 1. The van der Waals surface area contributed by atoms with Crippen LogP contribution in [0, 0.1) is 0 Å². The Bertz CT molecular complexity index is 737. The molecule has 0 atom stereocenters. The quantitative estimate of drug-likeness (QED) is 0.687. The smallest absolute Gasteiger partial charge is 0.263 e. The number of hydrogen-bond acceptors (Lipinski definition) is 6. The predicted octanol–water partition coefficient (Wildman–Crippen LogP) is 1.76. The maximum absolute atomic E-state index is 11.6. The van der Waals surface area contributed by atoms with Crippen molar-refractivity contribution < 1.29 is 9.53 Å². The van der Waals surface area contributed by atoms with Crippen LogP contribution in [-0.2, 0) is 4.79 Å². The van der Waals surface area contributed by atoms with E-state index in [1.165, 1.54) is 11.8 Å². The Morgan fingerprint density at radius 3 is 2.76 bits per heavy atom. The Labute approximate surface area is 130 Å². The maximum Gasteiger partial charge on any atom is 0.263 e. The largest absolute Gasteiger partial charge is 0.497 e. The summed E-state index contributed by atoms with van der Waals surface area (Å²) in [7, 11) is 1.61. The molecule has 1 saturated heterocycles. The number of rotatable bonds is 3. The average Bonchev–Trinajstić information content (AvgIpc) is 3.07. The second-order valence-electron chi connectivity index (χ2n) is 4.14. The summed E-state index contributed by atoms with van der Waals surface area (Å²) in [5.74, 6) is 0.567. The zero-order valence-electron chi connectivity index (χ0n) is 10.9. The first-order valence-electron chi connectivity index (χ1n) is 5.97. The first-order chi connectivity index (χ1) is 10.2. The van der Waals surface area contributed by atoms with Crippen LogP contribution in [0.4, 0.5) is 0 Å². The van der Waals surface area contributed by atoms with E-state index < -0.39 is 0 Å². The summed E-state index contributed by atoms with van der Waals surface area (Å²) in [6.07, 6.45) is 3.40. The molecular weight excluding hydrogens is 308 g/mol. The van der Waals surface area contributed by atoms with Crippen molar-refractivity contribution in [3.05, 3.63) is 41.1 Å². The fraction of sp³-hybridized carbons (Fsp3) is 0.0769. The number of nitrogens with zero attached hydrogens (tertiary/aromatic N) is 3. The number of hydrogen-bond donors (Lipinski definition) is 1. The van der Waals surface area contributed by atoms with E-state index in [0.29, 0.717) is 14.9 Å². The van der Waals surface area contributed by atoms with E-state index in [0.717, 1.165) is 11.4 Å². The molecule has 1 fully saturated rings.